The van der Waals surface area contributed by atoms with E-state index in [-0.39, 0.29) is 5.91 Å². The van der Waals surface area contributed by atoms with E-state index in [1.54, 1.807) is 0 Å². The maximum Gasteiger partial charge on any atom is 0.234 e. The van der Waals surface area contributed by atoms with Crippen LogP contribution in [0.1, 0.15) is 25.8 Å². The third-order valence-electron chi connectivity index (χ3n) is 3.71. The Morgan fingerprint density at radius 3 is 2.45 bits per heavy atom. The summed E-state index contributed by atoms with van der Waals surface area (Å²) in [6.07, 6.45) is 1.27. The average molecular weight is 295 g/mol. The minimum absolute atomic E-state index is 0.0984. The Morgan fingerprint density at radius 2 is 1.85 bits per heavy atom. The summed E-state index contributed by atoms with van der Waals surface area (Å²) in [7, 11) is 0. The molecular weight excluding hydrogens is 272 g/mol. The quantitative estimate of drug-likeness (QED) is 0.926. The van der Waals surface area contributed by atoms with Gasteiger partial charge in [-0.05, 0) is 36.0 Å². The zero-order valence-corrected chi connectivity index (χ0v) is 13.0. The number of rotatable bonds is 4. The van der Waals surface area contributed by atoms with Crippen LogP contribution in [0.25, 0.3) is 0 Å². The van der Waals surface area contributed by atoms with Crippen LogP contribution in [-0.4, -0.2) is 30.4 Å². The predicted octanol–water partition coefficient (Wildman–Crippen LogP) is 2.93. The van der Waals surface area contributed by atoms with Crippen molar-refractivity contribution in [1.82, 2.24) is 10.2 Å². The highest BCUT2D eigenvalue weighted by Gasteiger charge is 2.22. The topological polar surface area (TPSA) is 32.3 Å². The minimum Gasteiger partial charge on any atom is -0.351 e. The Bertz CT molecular complexity index is 436. The molecule has 0 bridgehead atoms. The molecule has 1 aliphatic rings. The molecule has 1 saturated heterocycles. The van der Waals surface area contributed by atoms with Gasteiger partial charge in [-0.3, -0.25) is 9.69 Å². The largest absolute Gasteiger partial charge is 0.351 e. The Labute approximate surface area is 126 Å². The van der Waals surface area contributed by atoms with Crippen LogP contribution in [-0.2, 0) is 11.3 Å². The van der Waals surface area contributed by atoms with Crippen LogP contribution in [0.4, 0.5) is 0 Å². The normalized spacial score (nSPS) is 23.6. The molecule has 1 amide bonds. The molecule has 0 radical (unpaired) electrons. The zero-order chi connectivity index (χ0) is 14.5. The summed E-state index contributed by atoms with van der Waals surface area (Å²) in [6.45, 7) is 7.64. The van der Waals surface area contributed by atoms with E-state index in [0.717, 1.165) is 23.7 Å². The fourth-order valence-electron chi connectivity index (χ4n) is 2.98. The second kappa shape index (κ2) is 7.09. The molecule has 2 atom stereocenters. The van der Waals surface area contributed by atoms with E-state index in [1.807, 2.05) is 24.3 Å². The van der Waals surface area contributed by atoms with Crippen molar-refractivity contribution in [3.8, 4) is 0 Å². The number of hydrogen-bond donors (Lipinski definition) is 1. The summed E-state index contributed by atoms with van der Waals surface area (Å²) in [4.78, 5) is 14.2. The molecule has 1 aromatic carbocycles. The second-order valence-electron chi connectivity index (χ2n) is 6.04. The Morgan fingerprint density at radius 1 is 1.25 bits per heavy atom. The molecule has 0 unspecified atom stereocenters. The fraction of sp³-hybridized carbons (Fsp3) is 0.562. The average Bonchev–Trinajstić information content (AvgIpc) is 2.37. The first-order valence-electron chi connectivity index (χ1n) is 7.26. The molecule has 2 rings (SSSR count). The van der Waals surface area contributed by atoms with Gasteiger partial charge in [0.05, 0.1) is 6.54 Å². The second-order valence-corrected chi connectivity index (χ2v) is 6.48. The number of nitrogens with zero attached hydrogens (tertiary/aromatic N) is 1. The van der Waals surface area contributed by atoms with Gasteiger partial charge in [0.15, 0.2) is 0 Å². The molecule has 1 fully saturated rings. The summed E-state index contributed by atoms with van der Waals surface area (Å²) < 4.78 is 0. The third-order valence-corrected chi connectivity index (χ3v) is 3.97. The lowest BCUT2D eigenvalue weighted by Gasteiger charge is -2.34. The number of likely N-dealkylation sites (tertiary alicyclic amines) is 1. The van der Waals surface area contributed by atoms with Gasteiger partial charge < -0.3 is 5.32 Å². The maximum atomic E-state index is 12.0. The van der Waals surface area contributed by atoms with Crippen molar-refractivity contribution in [2.24, 2.45) is 11.8 Å². The van der Waals surface area contributed by atoms with Crippen LogP contribution >= 0.6 is 11.6 Å². The molecule has 20 heavy (non-hydrogen) atoms. The molecule has 1 N–H and O–H groups in total. The fourth-order valence-corrected chi connectivity index (χ4v) is 3.11. The number of amides is 1. The summed E-state index contributed by atoms with van der Waals surface area (Å²) in [6, 6.07) is 7.56. The Hall–Kier alpha value is -1.06. The van der Waals surface area contributed by atoms with Gasteiger partial charge in [0.25, 0.3) is 0 Å². The number of piperidine rings is 1. The summed E-state index contributed by atoms with van der Waals surface area (Å²) >= 11 is 5.84. The van der Waals surface area contributed by atoms with E-state index >= 15 is 0 Å². The lowest BCUT2D eigenvalue weighted by Crippen LogP contribution is -2.44. The lowest BCUT2D eigenvalue weighted by atomic mass is 9.92. The maximum absolute atomic E-state index is 12.0. The number of nitrogens with one attached hydrogen (secondary N) is 1. The van der Waals surface area contributed by atoms with Crippen LogP contribution in [0.2, 0.25) is 5.02 Å². The van der Waals surface area contributed by atoms with Gasteiger partial charge in [0, 0.05) is 24.7 Å². The van der Waals surface area contributed by atoms with Gasteiger partial charge in [-0.2, -0.15) is 0 Å². The van der Waals surface area contributed by atoms with Gasteiger partial charge in [0.2, 0.25) is 5.91 Å². The van der Waals surface area contributed by atoms with Gasteiger partial charge in [-0.25, -0.2) is 0 Å². The first-order valence-corrected chi connectivity index (χ1v) is 7.64. The molecule has 110 valence electrons. The van der Waals surface area contributed by atoms with E-state index in [1.165, 1.54) is 6.42 Å². The van der Waals surface area contributed by atoms with E-state index < -0.39 is 0 Å². The van der Waals surface area contributed by atoms with Crippen molar-refractivity contribution < 1.29 is 4.79 Å². The number of carbonyl (C=O) groups is 1. The molecule has 1 aromatic rings. The summed E-state index contributed by atoms with van der Waals surface area (Å²) in [5.74, 6) is 1.46. The smallest absolute Gasteiger partial charge is 0.234 e. The van der Waals surface area contributed by atoms with Crippen LogP contribution in [0.3, 0.4) is 0 Å². The van der Waals surface area contributed by atoms with Crippen LogP contribution in [0, 0.1) is 11.8 Å². The molecule has 0 spiro atoms. The van der Waals surface area contributed by atoms with Gasteiger partial charge in [-0.15, -0.1) is 0 Å². The van der Waals surface area contributed by atoms with Crippen molar-refractivity contribution in [3.63, 3.8) is 0 Å². The lowest BCUT2D eigenvalue weighted by molar-refractivity contribution is -0.123. The SMILES string of the molecule is C[C@@H]1C[C@H](C)CN(CC(=O)NCc2ccc(Cl)cc2)C1. The van der Waals surface area contributed by atoms with Crippen LogP contribution in [0.5, 0.6) is 0 Å². The van der Waals surface area contributed by atoms with Crippen molar-refractivity contribution >= 4 is 17.5 Å². The molecule has 0 aliphatic carbocycles. The highest BCUT2D eigenvalue weighted by Crippen LogP contribution is 2.20. The zero-order valence-electron chi connectivity index (χ0n) is 12.2. The third kappa shape index (κ3) is 4.80. The van der Waals surface area contributed by atoms with Gasteiger partial charge >= 0.3 is 0 Å². The molecule has 0 saturated carbocycles. The van der Waals surface area contributed by atoms with Gasteiger partial charge in [-0.1, -0.05) is 37.6 Å². The van der Waals surface area contributed by atoms with Crippen molar-refractivity contribution in [1.29, 1.82) is 0 Å². The van der Waals surface area contributed by atoms with E-state index in [2.05, 4.69) is 24.1 Å². The highest BCUT2D eigenvalue weighted by atomic mass is 35.5. The van der Waals surface area contributed by atoms with Crippen molar-refractivity contribution in [3.05, 3.63) is 34.9 Å². The molecule has 4 heteroatoms. The number of carbonyl (C=O) groups excluding carboxylic acids is 1. The molecular formula is C16H23ClN2O. The standard InChI is InChI=1S/C16H23ClN2O/c1-12-7-13(2)10-19(9-12)11-16(20)18-8-14-3-5-15(17)6-4-14/h3-6,12-13H,7-11H2,1-2H3,(H,18,20)/t12-,13+. The van der Waals surface area contributed by atoms with E-state index in [9.17, 15) is 4.79 Å². The molecule has 0 aromatic heterocycles. The molecule has 1 heterocycles. The van der Waals surface area contributed by atoms with Crippen LogP contribution < -0.4 is 5.32 Å². The number of halogens is 1. The Kier molecular flexibility index (Phi) is 5.44. The number of hydrogen-bond acceptors (Lipinski definition) is 2. The van der Waals surface area contributed by atoms with E-state index in [4.69, 9.17) is 11.6 Å². The van der Waals surface area contributed by atoms with E-state index in [0.29, 0.717) is 24.9 Å². The molecule has 3 nitrogen and oxygen atoms in total. The first kappa shape index (κ1) is 15.3. The number of benzene rings is 1. The molecule has 1 aliphatic heterocycles. The van der Waals surface area contributed by atoms with Crippen molar-refractivity contribution in [2.75, 3.05) is 19.6 Å². The summed E-state index contributed by atoms with van der Waals surface area (Å²) in [5, 5.41) is 3.69. The first-order chi connectivity index (χ1) is 9.52. The predicted molar refractivity (Wildman–Crippen MR) is 82.7 cm³/mol. The van der Waals surface area contributed by atoms with Crippen molar-refractivity contribution in [2.45, 2.75) is 26.8 Å². The van der Waals surface area contributed by atoms with Gasteiger partial charge in [0.1, 0.15) is 0 Å². The summed E-state index contributed by atoms with van der Waals surface area (Å²) in [5.41, 5.74) is 1.07. The minimum atomic E-state index is 0.0984. The Balaban J connectivity index is 1.76. The van der Waals surface area contributed by atoms with Crippen LogP contribution in [0.15, 0.2) is 24.3 Å². The highest BCUT2D eigenvalue weighted by molar-refractivity contribution is 6.30. The monoisotopic (exact) mass is 294 g/mol.